The van der Waals surface area contributed by atoms with Crippen LogP contribution in [-0.4, -0.2) is 22.4 Å². The highest BCUT2D eigenvalue weighted by Crippen LogP contribution is 2.08. The Morgan fingerprint density at radius 2 is 1.85 bits per heavy atom. The van der Waals surface area contributed by atoms with Crippen LogP contribution in [0.1, 0.15) is 22.2 Å². The molecule has 0 saturated heterocycles. The first-order valence-electron chi connectivity index (χ1n) is 8.26. The van der Waals surface area contributed by atoms with Crippen molar-refractivity contribution >= 4 is 23.2 Å². The van der Waals surface area contributed by atoms with Gasteiger partial charge in [-0.3, -0.25) is 9.59 Å². The lowest BCUT2D eigenvalue weighted by molar-refractivity contribution is -0.119. The predicted molar refractivity (Wildman–Crippen MR) is 102 cm³/mol. The maximum atomic E-state index is 12.4. The van der Waals surface area contributed by atoms with Crippen molar-refractivity contribution in [2.45, 2.75) is 19.5 Å². The molecule has 0 saturated carbocycles. The number of pyridine rings is 1. The van der Waals surface area contributed by atoms with Crippen LogP contribution in [0.2, 0.25) is 0 Å². The van der Waals surface area contributed by atoms with Crippen molar-refractivity contribution in [3.05, 3.63) is 88.2 Å². The number of nitrogens with one attached hydrogen (secondary N) is 1. The highest BCUT2D eigenvalue weighted by molar-refractivity contribution is 7.12. The lowest BCUT2D eigenvalue weighted by Crippen LogP contribution is -2.38. The summed E-state index contributed by atoms with van der Waals surface area (Å²) in [7, 11) is 0. The standard InChI is InChI=1S/C20H19N3O2S/c1-15(21-20(25)17-10-7-13-26-17)19(24)22-18-11-5-6-12-23(18)14-16-8-3-2-4-9-16/h2-13,15H,14H2,1H3,(H,21,25). The second-order valence-corrected chi connectivity index (χ2v) is 6.74. The first-order valence-corrected chi connectivity index (χ1v) is 9.14. The van der Waals surface area contributed by atoms with Crippen LogP contribution < -0.4 is 10.8 Å². The summed E-state index contributed by atoms with van der Waals surface area (Å²) < 4.78 is 1.90. The molecule has 132 valence electrons. The van der Waals surface area contributed by atoms with Crippen LogP contribution in [0.5, 0.6) is 0 Å². The van der Waals surface area contributed by atoms with Crippen molar-refractivity contribution in [2.75, 3.05) is 0 Å². The van der Waals surface area contributed by atoms with Crippen molar-refractivity contribution in [1.29, 1.82) is 0 Å². The molecule has 26 heavy (non-hydrogen) atoms. The zero-order valence-corrected chi connectivity index (χ0v) is 15.1. The number of hydrogen-bond donors (Lipinski definition) is 1. The third-order valence-electron chi connectivity index (χ3n) is 3.80. The van der Waals surface area contributed by atoms with Gasteiger partial charge < -0.3 is 9.88 Å². The second-order valence-electron chi connectivity index (χ2n) is 5.79. The molecule has 0 radical (unpaired) electrons. The van der Waals surface area contributed by atoms with E-state index in [0.29, 0.717) is 16.9 Å². The number of hydrogen-bond acceptors (Lipinski definition) is 3. The fourth-order valence-corrected chi connectivity index (χ4v) is 3.06. The molecule has 1 N–H and O–H groups in total. The number of rotatable bonds is 5. The number of benzene rings is 1. The molecule has 0 bridgehead atoms. The Morgan fingerprint density at radius 3 is 2.58 bits per heavy atom. The summed E-state index contributed by atoms with van der Waals surface area (Å²) in [4.78, 5) is 29.3. The lowest BCUT2D eigenvalue weighted by Gasteiger charge is -2.10. The molecule has 1 atom stereocenters. The van der Waals surface area contributed by atoms with Crippen molar-refractivity contribution in [2.24, 2.45) is 4.99 Å². The van der Waals surface area contributed by atoms with E-state index >= 15 is 0 Å². The smallest absolute Gasteiger partial charge is 0.269 e. The van der Waals surface area contributed by atoms with Gasteiger partial charge in [-0.1, -0.05) is 42.5 Å². The quantitative estimate of drug-likeness (QED) is 0.756. The van der Waals surface area contributed by atoms with Gasteiger partial charge in [0, 0.05) is 12.7 Å². The van der Waals surface area contributed by atoms with Gasteiger partial charge in [0.2, 0.25) is 0 Å². The van der Waals surface area contributed by atoms with Gasteiger partial charge in [-0.15, -0.1) is 11.3 Å². The van der Waals surface area contributed by atoms with E-state index in [0.717, 1.165) is 5.56 Å². The highest BCUT2D eigenvalue weighted by atomic mass is 32.1. The summed E-state index contributed by atoms with van der Waals surface area (Å²) >= 11 is 1.33. The van der Waals surface area contributed by atoms with Gasteiger partial charge in [-0.2, -0.15) is 4.99 Å². The molecule has 3 rings (SSSR count). The zero-order chi connectivity index (χ0) is 18.4. The van der Waals surface area contributed by atoms with E-state index in [1.807, 2.05) is 58.6 Å². The topological polar surface area (TPSA) is 63.5 Å². The molecular formula is C20H19N3O2S. The average Bonchev–Trinajstić information content (AvgIpc) is 3.19. The molecule has 2 heterocycles. The van der Waals surface area contributed by atoms with Gasteiger partial charge in [0.1, 0.15) is 11.5 Å². The van der Waals surface area contributed by atoms with Crippen LogP contribution in [0.4, 0.5) is 0 Å². The number of nitrogens with zero attached hydrogens (tertiary/aromatic N) is 2. The summed E-state index contributed by atoms with van der Waals surface area (Å²) in [6.07, 6.45) is 1.88. The van der Waals surface area contributed by atoms with E-state index in [-0.39, 0.29) is 11.8 Å². The Morgan fingerprint density at radius 1 is 1.08 bits per heavy atom. The van der Waals surface area contributed by atoms with Crippen molar-refractivity contribution in [1.82, 2.24) is 9.88 Å². The third-order valence-corrected chi connectivity index (χ3v) is 4.67. The number of thiophene rings is 1. The highest BCUT2D eigenvalue weighted by Gasteiger charge is 2.16. The summed E-state index contributed by atoms with van der Waals surface area (Å²) in [5, 5.41) is 4.51. The monoisotopic (exact) mass is 365 g/mol. The normalized spacial score (nSPS) is 12.6. The molecular weight excluding hydrogens is 346 g/mol. The first kappa shape index (κ1) is 17.8. The average molecular weight is 365 g/mol. The Balaban J connectivity index is 1.76. The summed E-state index contributed by atoms with van der Waals surface area (Å²) in [5.41, 5.74) is 1.67. The SMILES string of the molecule is CC(NC(=O)c1cccs1)C(=O)N=c1ccccn1Cc1ccccc1. The first-order chi connectivity index (χ1) is 12.6. The van der Waals surface area contributed by atoms with Crippen molar-refractivity contribution < 1.29 is 9.59 Å². The maximum Gasteiger partial charge on any atom is 0.269 e. The number of carbonyl (C=O) groups is 2. The largest absolute Gasteiger partial charge is 0.340 e. The molecule has 0 spiro atoms. The number of amides is 2. The van der Waals surface area contributed by atoms with E-state index in [4.69, 9.17) is 0 Å². The van der Waals surface area contributed by atoms with Crippen molar-refractivity contribution in [3.8, 4) is 0 Å². The molecule has 1 aromatic carbocycles. The molecule has 0 aliphatic rings. The molecule has 1 unspecified atom stereocenters. The van der Waals surface area contributed by atoms with Gasteiger partial charge in [0.25, 0.3) is 11.8 Å². The molecule has 6 heteroatoms. The summed E-state index contributed by atoms with van der Waals surface area (Å²) in [5.74, 6) is -0.649. The van der Waals surface area contributed by atoms with Gasteiger partial charge in [0.05, 0.1) is 4.88 Å². The molecule has 2 amide bonds. The van der Waals surface area contributed by atoms with E-state index in [9.17, 15) is 9.59 Å². The van der Waals surface area contributed by atoms with Crippen LogP contribution in [0.15, 0.2) is 77.2 Å². The van der Waals surface area contributed by atoms with E-state index < -0.39 is 6.04 Å². The predicted octanol–water partition coefficient (Wildman–Crippen LogP) is 2.84. The molecule has 3 aromatic rings. The van der Waals surface area contributed by atoms with Gasteiger partial charge in [-0.25, -0.2) is 0 Å². The van der Waals surface area contributed by atoms with Gasteiger partial charge in [0.15, 0.2) is 0 Å². The molecule has 0 fully saturated rings. The Hall–Kier alpha value is -2.99. The Kier molecular flexibility index (Phi) is 5.76. The minimum Gasteiger partial charge on any atom is -0.340 e. The lowest BCUT2D eigenvalue weighted by atomic mass is 10.2. The minimum absolute atomic E-state index is 0.263. The molecule has 2 aromatic heterocycles. The minimum atomic E-state index is -0.699. The molecule has 5 nitrogen and oxygen atoms in total. The van der Waals surface area contributed by atoms with E-state index in [2.05, 4.69) is 10.3 Å². The van der Waals surface area contributed by atoms with Crippen molar-refractivity contribution in [3.63, 3.8) is 0 Å². The molecule has 0 aliphatic heterocycles. The number of carbonyl (C=O) groups excluding carboxylic acids is 2. The van der Waals surface area contributed by atoms with Crippen LogP contribution in [0, 0.1) is 0 Å². The third kappa shape index (κ3) is 4.55. The maximum absolute atomic E-state index is 12.4. The van der Waals surface area contributed by atoms with Crippen LogP contribution >= 0.6 is 11.3 Å². The second kappa shape index (κ2) is 8.40. The van der Waals surface area contributed by atoms with Crippen LogP contribution in [-0.2, 0) is 11.3 Å². The van der Waals surface area contributed by atoms with E-state index in [1.165, 1.54) is 11.3 Å². The summed E-state index contributed by atoms with van der Waals surface area (Å²) in [6.45, 7) is 2.26. The van der Waals surface area contributed by atoms with Gasteiger partial charge in [-0.05, 0) is 36.1 Å². The summed E-state index contributed by atoms with van der Waals surface area (Å²) in [6, 6.07) is 18.3. The number of aromatic nitrogens is 1. The fraction of sp³-hybridized carbons (Fsp3) is 0.150. The van der Waals surface area contributed by atoms with Crippen LogP contribution in [0.3, 0.4) is 0 Å². The fourth-order valence-electron chi connectivity index (χ4n) is 2.43. The zero-order valence-electron chi connectivity index (χ0n) is 14.3. The van der Waals surface area contributed by atoms with Gasteiger partial charge >= 0.3 is 0 Å². The molecule has 0 aliphatic carbocycles. The van der Waals surface area contributed by atoms with E-state index in [1.54, 1.807) is 25.1 Å². The van der Waals surface area contributed by atoms with Crippen LogP contribution in [0.25, 0.3) is 0 Å². The Labute approximate surface area is 155 Å². The Bertz CT molecular complexity index is 946.